The van der Waals surface area contributed by atoms with Crippen LogP contribution in [0.4, 0.5) is 4.39 Å². The van der Waals surface area contributed by atoms with Crippen LogP contribution >= 0.6 is 11.6 Å². The molecule has 1 heterocycles. The number of halogens is 2. The van der Waals surface area contributed by atoms with Crippen LogP contribution in [0.2, 0.25) is 0 Å². The SMILES string of the molecule is Cn1nc(-c2ccccc2F)cc1OCCCCl. The van der Waals surface area contributed by atoms with Gasteiger partial charge in [-0.25, -0.2) is 9.07 Å². The molecule has 0 bridgehead atoms. The van der Waals surface area contributed by atoms with E-state index in [0.29, 0.717) is 29.6 Å². The van der Waals surface area contributed by atoms with Gasteiger partial charge in [0, 0.05) is 24.6 Å². The molecule has 0 saturated heterocycles. The largest absolute Gasteiger partial charge is 0.478 e. The average molecular weight is 269 g/mol. The van der Waals surface area contributed by atoms with E-state index in [1.54, 1.807) is 36.0 Å². The zero-order valence-corrected chi connectivity index (χ0v) is 10.8. The lowest BCUT2D eigenvalue weighted by Gasteiger charge is -2.03. The Morgan fingerprint density at radius 1 is 1.39 bits per heavy atom. The van der Waals surface area contributed by atoms with Gasteiger partial charge in [0.15, 0.2) is 0 Å². The van der Waals surface area contributed by atoms with E-state index in [0.717, 1.165) is 6.42 Å². The first-order chi connectivity index (χ1) is 8.72. The molecular weight excluding hydrogens is 255 g/mol. The molecule has 1 aromatic carbocycles. The van der Waals surface area contributed by atoms with Crippen LogP contribution in [0, 0.1) is 5.82 Å². The maximum Gasteiger partial charge on any atom is 0.212 e. The Bertz CT molecular complexity index is 527. The third-order valence-corrected chi connectivity index (χ3v) is 2.78. The van der Waals surface area contributed by atoms with E-state index >= 15 is 0 Å². The fourth-order valence-corrected chi connectivity index (χ4v) is 1.73. The van der Waals surface area contributed by atoms with Crippen molar-refractivity contribution in [3.05, 3.63) is 36.1 Å². The number of ether oxygens (including phenoxy) is 1. The molecule has 0 fully saturated rings. The molecule has 0 aliphatic heterocycles. The summed E-state index contributed by atoms with van der Waals surface area (Å²) in [6.07, 6.45) is 0.766. The molecule has 0 amide bonds. The van der Waals surface area contributed by atoms with Crippen LogP contribution in [0.15, 0.2) is 30.3 Å². The van der Waals surface area contributed by atoms with Crippen molar-refractivity contribution in [2.45, 2.75) is 6.42 Å². The molecule has 0 aliphatic carbocycles. The third-order valence-electron chi connectivity index (χ3n) is 2.51. The Balaban J connectivity index is 2.21. The molecule has 96 valence electrons. The van der Waals surface area contributed by atoms with E-state index in [-0.39, 0.29) is 5.82 Å². The van der Waals surface area contributed by atoms with Gasteiger partial charge in [0.1, 0.15) is 5.82 Å². The minimum atomic E-state index is -0.289. The van der Waals surface area contributed by atoms with Crippen LogP contribution in [-0.2, 0) is 7.05 Å². The molecular formula is C13H14ClFN2O. The van der Waals surface area contributed by atoms with Gasteiger partial charge in [0.05, 0.1) is 12.3 Å². The van der Waals surface area contributed by atoms with Crippen LogP contribution in [0.5, 0.6) is 5.88 Å². The first kappa shape index (κ1) is 12.9. The second-order valence-corrected chi connectivity index (χ2v) is 4.24. The minimum absolute atomic E-state index is 0.289. The average Bonchev–Trinajstić information content (AvgIpc) is 2.72. The number of hydrogen-bond acceptors (Lipinski definition) is 2. The Hall–Kier alpha value is -1.55. The van der Waals surface area contributed by atoms with E-state index in [4.69, 9.17) is 16.3 Å². The molecule has 5 heteroatoms. The van der Waals surface area contributed by atoms with Gasteiger partial charge in [0.2, 0.25) is 5.88 Å². The number of aromatic nitrogens is 2. The lowest BCUT2D eigenvalue weighted by molar-refractivity contribution is 0.291. The van der Waals surface area contributed by atoms with E-state index in [9.17, 15) is 4.39 Å². The molecule has 18 heavy (non-hydrogen) atoms. The summed E-state index contributed by atoms with van der Waals surface area (Å²) in [5.74, 6) is 0.874. The summed E-state index contributed by atoms with van der Waals surface area (Å²) in [5.41, 5.74) is 1.04. The molecule has 1 aromatic heterocycles. The number of benzene rings is 1. The van der Waals surface area contributed by atoms with Crippen molar-refractivity contribution in [1.82, 2.24) is 9.78 Å². The molecule has 0 unspecified atom stereocenters. The van der Waals surface area contributed by atoms with Crippen molar-refractivity contribution in [1.29, 1.82) is 0 Å². The van der Waals surface area contributed by atoms with Gasteiger partial charge < -0.3 is 4.74 Å². The van der Waals surface area contributed by atoms with Gasteiger partial charge in [0.25, 0.3) is 0 Å². The van der Waals surface area contributed by atoms with Crippen molar-refractivity contribution in [3.63, 3.8) is 0 Å². The van der Waals surface area contributed by atoms with E-state index < -0.39 is 0 Å². The van der Waals surface area contributed by atoms with Crippen LogP contribution in [0.3, 0.4) is 0 Å². The number of nitrogens with zero attached hydrogens (tertiary/aromatic N) is 2. The summed E-state index contributed by atoms with van der Waals surface area (Å²) in [6.45, 7) is 0.528. The van der Waals surface area contributed by atoms with E-state index in [2.05, 4.69) is 5.10 Å². The molecule has 0 atom stereocenters. The first-order valence-corrected chi connectivity index (χ1v) is 6.23. The Morgan fingerprint density at radius 2 is 2.17 bits per heavy atom. The standard InChI is InChI=1S/C13H14ClFN2O/c1-17-13(18-8-4-7-14)9-12(16-17)10-5-2-3-6-11(10)15/h2-3,5-6,9H,4,7-8H2,1H3. The lowest BCUT2D eigenvalue weighted by atomic mass is 10.1. The highest BCUT2D eigenvalue weighted by atomic mass is 35.5. The van der Waals surface area contributed by atoms with Crippen LogP contribution in [0.25, 0.3) is 11.3 Å². The molecule has 0 saturated carbocycles. The maximum atomic E-state index is 13.6. The van der Waals surface area contributed by atoms with Crippen LogP contribution < -0.4 is 4.74 Å². The summed E-state index contributed by atoms with van der Waals surface area (Å²) < 4.78 is 20.7. The molecule has 0 radical (unpaired) electrons. The quantitative estimate of drug-likeness (QED) is 0.615. The normalized spacial score (nSPS) is 10.6. The lowest BCUT2D eigenvalue weighted by Crippen LogP contribution is -2.02. The number of alkyl halides is 1. The highest BCUT2D eigenvalue weighted by Gasteiger charge is 2.11. The minimum Gasteiger partial charge on any atom is -0.478 e. The van der Waals surface area contributed by atoms with Crippen molar-refractivity contribution in [2.75, 3.05) is 12.5 Å². The topological polar surface area (TPSA) is 27.1 Å². The van der Waals surface area contributed by atoms with Gasteiger partial charge in [-0.3, -0.25) is 0 Å². The van der Waals surface area contributed by atoms with Crippen molar-refractivity contribution in [3.8, 4) is 17.1 Å². The second kappa shape index (κ2) is 5.87. The second-order valence-electron chi connectivity index (χ2n) is 3.86. The van der Waals surface area contributed by atoms with Gasteiger partial charge >= 0.3 is 0 Å². The number of hydrogen-bond donors (Lipinski definition) is 0. The summed E-state index contributed by atoms with van der Waals surface area (Å²) in [5, 5.41) is 4.24. The van der Waals surface area contributed by atoms with Crippen molar-refractivity contribution >= 4 is 11.6 Å². The molecule has 0 spiro atoms. The number of aryl methyl sites for hydroxylation is 1. The van der Waals surface area contributed by atoms with Crippen LogP contribution in [-0.4, -0.2) is 22.3 Å². The molecule has 2 rings (SSSR count). The maximum absolute atomic E-state index is 13.6. The van der Waals surface area contributed by atoms with Gasteiger partial charge in [-0.05, 0) is 18.6 Å². The molecule has 0 aliphatic rings. The Morgan fingerprint density at radius 3 is 2.89 bits per heavy atom. The third kappa shape index (κ3) is 2.82. The van der Waals surface area contributed by atoms with Gasteiger partial charge in [-0.1, -0.05) is 12.1 Å². The molecule has 2 aromatic rings. The summed E-state index contributed by atoms with van der Waals surface area (Å²) in [7, 11) is 1.76. The summed E-state index contributed by atoms with van der Waals surface area (Å²) in [4.78, 5) is 0. The Kier molecular flexibility index (Phi) is 4.20. The predicted molar refractivity (Wildman–Crippen MR) is 69.4 cm³/mol. The first-order valence-electron chi connectivity index (χ1n) is 5.70. The van der Waals surface area contributed by atoms with Crippen molar-refractivity contribution in [2.24, 2.45) is 7.05 Å². The smallest absolute Gasteiger partial charge is 0.212 e. The fourth-order valence-electron chi connectivity index (χ4n) is 1.62. The monoisotopic (exact) mass is 268 g/mol. The Labute approximate surface area is 110 Å². The van der Waals surface area contributed by atoms with E-state index in [1.165, 1.54) is 6.07 Å². The summed E-state index contributed by atoms with van der Waals surface area (Å²) in [6, 6.07) is 8.27. The summed E-state index contributed by atoms with van der Waals surface area (Å²) >= 11 is 5.58. The van der Waals surface area contributed by atoms with Crippen molar-refractivity contribution < 1.29 is 9.13 Å². The van der Waals surface area contributed by atoms with Gasteiger partial charge in [-0.15, -0.1) is 11.6 Å². The number of rotatable bonds is 5. The zero-order valence-electron chi connectivity index (χ0n) is 10.1. The van der Waals surface area contributed by atoms with Crippen LogP contribution in [0.1, 0.15) is 6.42 Å². The molecule has 0 N–H and O–H groups in total. The van der Waals surface area contributed by atoms with E-state index in [1.807, 2.05) is 0 Å². The molecule has 3 nitrogen and oxygen atoms in total. The highest BCUT2D eigenvalue weighted by Crippen LogP contribution is 2.24. The zero-order chi connectivity index (χ0) is 13.0. The highest BCUT2D eigenvalue weighted by molar-refractivity contribution is 6.17. The predicted octanol–water partition coefficient (Wildman–Crippen LogP) is 3.23. The fraction of sp³-hybridized carbons (Fsp3) is 0.308. The van der Waals surface area contributed by atoms with Gasteiger partial charge in [-0.2, -0.15) is 5.10 Å².